The van der Waals surface area contributed by atoms with E-state index >= 15 is 0 Å². The molecule has 6 nitrogen and oxygen atoms in total. The van der Waals surface area contributed by atoms with Gasteiger partial charge in [-0.05, 0) is 6.42 Å². The van der Waals surface area contributed by atoms with Gasteiger partial charge in [0.05, 0.1) is 6.20 Å². The first-order valence-corrected chi connectivity index (χ1v) is 5.05. The Bertz CT molecular complexity index is 617. The van der Waals surface area contributed by atoms with Gasteiger partial charge in [0.2, 0.25) is 0 Å². The van der Waals surface area contributed by atoms with Crippen molar-refractivity contribution in [1.82, 2.24) is 14.6 Å². The van der Waals surface area contributed by atoms with Crippen molar-refractivity contribution in [3.63, 3.8) is 0 Å². The molecule has 0 fully saturated rings. The molecule has 0 atom stereocenters. The molecule has 0 saturated carbocycles. The van der Waals surface area contributed by atoms with Crippen LogP contribution in [0, 0.1) is 5.82 Å². The lowest BCUT2D eigenvalue weighted by molar-refractivity contribution is -0.137. The first kappa shape index (κ1) is 11.3. The monoisotopic (exact) mass is 239 g/mol. The highest BCUT2D eigenvalue weighted by Crippen LogP contribution is 2.03. The van der Waals surface area contributed by atoms with E-state index in [0.29, 0.717) is 18.7 Å². The van der Waals surface area contributed by atoms with E-state index < -0.39 is 17.3 Å². The van der Waals surface area contributed by atoms with Gasteiger partial charge in [-0.2, -0.15) is 5.10 Å². The minimum Gasteiger partial charge on any atom is -0.481 e. The zero-order valence-corrected chi connectivity index (χ0v) is 8.81. The van der Waals surface area contributed by atoms with E-state index in [9.17, 15) is 14.0 Å². The average molecular weight is 239 g/mol. The Hall–Kier alpha value is -2.18. The van der Waals surface area contributed by atoms with Gasteiger partial charge >= 0.3 is 5.97 Å². The lowest BCUT2D eigenvalue weighted by Crippen LogP contribution is -2.15. The van der Waals surface area contributed by atoms with Crippen molar-refractivity contribution in [1.29, 1.82) is 0 Å². The maximum absolute atomic E-state index is 12.9. The number of carboxylic acid groups (broad SMARTS) is 1. The number of carbonyl (C=O) groups is 1. The average Bonchev–Trinajstić information content (AvgIpc) is 2.58. The molecule has 2 N–H and O–H groups in total. The molecule has 0 aromatic carbocycles. The lowest BCUT2D eigenvalue weighted by atomic mass is 10.2. The summed E-state index contributed by atoms with van der Waals surface area (Å²) in [6, 6.07) is 1.09. The van der Waals surface area contributed by atoms with Crippen molar-refractivity contribution < 1.29 is 14.3 Å². The molecule has 2 rings (SSSR count). The number of nitrogens with one attached hydrogen (secondary N) is 1. The number of aliphatic carboxylic acids is 1. The van der Waals surface area contributed by atoms with Crippen molar-refractivity contribution in [2.24, 2.45) is 0 Å². The van der Waals surface area contributed by atoms with Gasteiger partial charge in [0, 0.05) is 18.9 Å². The molecule has 0 radical (unpaired) electrons. The maximum atomic E-state index is 12.9. The summed E-state index contributed by atoms with van der Waals surface area (Å²) < 4.78 is 14.1. The third-order valence-electron chi connectivity index (χ3n) is 2.29. The Labute approximate surface area is 94.7 Å². The first-order chi connectivity index (χ1) is 8.06. The second-order valence-electron chi connectivity index (χ2n) is 3.64. The molecule has 0 unspecified atom stereocenters. The number of rotatable bonds is 4. The number of aromatic amines is 1. The number of H-pyrrole nitrogens is 1. The zero-order valence-electron chi connectivity index (χ0n) is 8.81. The predicted molar refractivity (Wildman–Crippen MR) is 56.3 cm³/mol. The second-order valence-corrected chi connectivity index (χ2v) is 3.64. The first-order valence-electron chi connectivity index (χ1n) is 5.05. The smallest absolute Gasteiger partial charge is 0.303 e. The molecule has 0 spiro atoms. The van der Waals surface area contributed by atoms with E-state index in [-0.39, 0.29) is 11.9 Å². The van der Waals surface area contributed by atoms with Crippen LogP contribution in [0.3, 0.4) is 0 Å². The van der Waals surface area contributed by atoms with E-state index in [0.717, 1.165) is 16.8 Å². The molecule has 0 aliphatic rings. The summed E-state index contributed by atoms with van der Waals surface area (Å²) in [5.41, 5.74) is -0.307. The summed E-state index contributed by atoms with van der Waals surface area (Å²) >= 11 is 0. The summed E-state index contributed by atoms with van der Waals surface area (Å²) in [4.78, 5) is 24.3. The van der Waals surface area contributed by atoms with E-state index in [2.05, 4.69) is 10.1 Å². The number of carboxylic acids is 1. The molecule has 2 aromatic rings. The summed E-state index contributed by atoms with van der Waals surface area (Å²) in [7, 11) is 0. The standard InChI is InChI=1S/C10H10FN3O3/c11-6-4-7-10(17)12-8(13-14(7)5-6)2-1-3-9(15)16/h4-5H,1-3H2,(H,15,16)(H,12,13,17). The molecule has 2 aromatic heterocycles. The van der Waals surface area contributed by atoms with Crippen molar-refractivity contribution in [3.8, 4) is 0 Å². The molecule has 17 heavy (non-hydrogen) atoms. The third kappa shape index (κ3) is 2.49. The fraction of sp³-hybridized carbons (Fsp3) is 0.300. The van der Waals surface area contributed by atoms with Gasteiger partial charge in [0.25, 0.3) is 5.56 Å². The highest BCUT2D eigenvalue weighted by atomic mass is 19.1. The molecular weight excluding hydrogens is 229 g/mol. The Morgan fingerprint density at radius 1 is 1.59 bits per heavy atom. The van der Waals surface area contributed by atoms with Crippen LogP contribution in [0.1, 0.15) is 18.7 Å². The minimum atomic E-state index is -0.902. The van der Waals surface area contributed by atoms with Crippen molar-refractivity contribution in [2.45, 2.75) is 19.3 Å². The molecule has 7 heteroatoms. The SMILES string of the molecule is O=C(O)CCCc1nn2cc(F)cc2c(=O)[nH]1. The molecule has 0 bridgehead atoms. The van der Waals surface area contributed by atoms with Crippen molar-refractivity contribution in [3.05, 3.63) is 34.3 Å². The van der Waals surface area contributed by atoms with Gasteiger partial charge in [-0.25, -0.2) is 8.91 Å². The van der Waals surface area contributed by atoms with Crippen molar-refractivity contribution >= 4 is 11.5 Å². The highest BCUT2D eigenvalue weighted by Gasteiger charge is 2.07. The summed E-state index contributed by atoms with van der Waals surface area (Å²) in [5.74, 6) is -1.09. The zero-order chi connectivity index (χ0) is 12.4. The van der Waals surface area contributed by atoms with Crippen molar-refractivity contribution in [2.75, 3.05) is 0 Å². The summed E-state index contributed by atoms with van der Waals surface area (Å²) in [6.07, 6.45) is 1.80. The van der Waals surface area contributed by atoms with Crippen LogP contribution in [0.15, 0.2) is 17.1 Å². The maximum Gasteiger partial charge on any atom is 0.303 e. The van der Waals surface area contributed by atoms with E-state index in [1.807, 2.05) is 0 Å². The molecule has 0 amide bonds. The topological polar surface area (TPSA) is 87.5 Å². The Kier molecular flexibility index (Phi) is 2.90. The van der Waals surface area contributed by atoms with Crippen LogP contribution in [0.5, 0.6) is 0 Å². The van der Waals surface area contributed by atoms with Gasteiger partial charge in [-0.3, -0.25) is 9.59 Å². The Morgan fingerprint density at radius 2 is 2.35 bits per heavy atom. The molecule has 2 heterocycles. The number of hydrogen-bond acceptors (Lipinski definition) is 3. The van der Waals surface area contributed by atoms with Gasteiger partial charge < -0.3 is 10.1 Å². The largest absolute Gasteiger partial charge is 0.481 e. The summed E-state index contributed by atoms with van der Waals surface area (Å²) in [5, 5.41) is 12.5. The van der Waals surface area contributed by atoms with Crippen LogP contribution in [0.4, 0.5) is 4.39 Å². The minimum absolute atomic E-state index is 0.00177. The molecule has 0 aliphatic carbocycles. The molecular formula is C10H10FN3O3. The number of nitrogens with zero attached hydrogens (tertiary/aromatic N) is 2. The van der Waals surface area contributed by atoms with E-state index in [4.69, 9.17) is 5.11 Å². The van der Waals surface area contributed by atoms with Crippen LogP contribution in [-0.4, -0.2) is 25.7 Å². The van der Waals surface area contributed by atoms with Gasteiger partial charge in [0.1, 0.15) is 17.2 Å². The number of hydrogen-bond donors (Lipinski definition) is 2. The number of fused-ring (bicyclic) bond motifs is 1. The van der Waals surface area contributed by atoms with E-state index in [1.54, 1.807) is 0 Å². The van der Waals surface area contributed by atoms with Crippen LogP contribution >= 0.6 is 0 Å². The lowest BCUT2D eigenvalue weighted by Gasteiger charge is -2.00. The number of aryl methyl sites for hydroxylation is 1. The summed E-state index contributed by atoms with van der Waals surface area (Å²) in [6.45, 7) is 0. The van der Waals surface area contributed by atoms with Gasteiger partial charge in [-0.15, -0.1) is 0 Å². The number of halogens is 1. The molecule has 90 valence electrons. The second kappa shape index (κ2) is 4.36. The Morgan fingerprint density at radius 3 is 3.06 bits per heavy atom. The molecule has 0 aliphatic heterocycles. The highest BCUT2D eigenvalue weighted by molar-refractivity contribution is 5.66. The van der Waals surface area contributed by atoms with Crippen LogP contribution < -0.4 is 5.56 Å². The fourth-order valence-electron chi connectivity index (χ4n) is 1.54. The number of aromatic nitrogens is 3. The van der Waals surface area contributed by atoms with E-state index in [1.165, 1.54) is 0 Å². The van der Waals surface area contributed by atoms with Crippen LogP contribution in [0.25, 0.3) is 5.52 Å². The predicted octanol–water partition coefficient (Wildman–Crippen LogP) is 0.569. The quantitative estimate of drug-likeness (QED) is 0.816. The Balaban J connectivity index is 2.24. The third-order valence-corrected chi connectivity index (χ3v) is 2.29. The molecule has 0 saturated heterocycles. The van der Waals surface area contributed by atoms with Gasteiger partial charge in [-0.1, -0.05) is 0 Å². The fourth-order valence-corrected chi connectivity index (χ4v) is 1.54. The normalized spacial score (nSPS) is 10.9. The van der Waals surface area contributed by atoms with Crippen LogP contribution in [-0.2, 0) is 11.2 Å². The van der Waals surface area contributed by atoms with Crippen LogP contribution in [0.2, 0.25) is 0 Å². The van der Waals surface area contributed by atoms with Gasteiger partial charge in [0.15, 0.2) is 0 Å².